The Hall–Kier alpha value is -5.98. The molecule has 1 aliphatic carbocycles. The third-order valence-corrected chi connectivity index (χ3v) is 8.05. The van der Waals surface area contributed by atoms with Gasteiger partial charge in [-0.25, -0.2) is 23.1 Å². The van der Waals surface area contributed by atoms with Gasteiger partial charge in [-0.05, 0) is 72.4 Å². The first-order valence-corrected chi connectivity index (χ1v) is 14.6. The summed E-state index contributed by atoms with van der Waals surface area (Å²) < 4.78 is 33.2. The number of nitrogens with zero attached hydrogens (tertiary/aromatic N) is 3. The number of benzene rings is 3. The highest BCUT2D eigenvalue weighted by Crippen LogP contribution is 2.35. The van der Waals surface area contributed by atoms with Crippen molar-refractivity contribution in [1.29, 1.82) is 0 Å². The monoisotopic (exact) mass is 638 g/mol. The van der Waals surface area contributed by atoms with E-state index in [2.05, 4.69) is 26.0 Å². The number of anilines is 1. The lowest BCUT2D eigenvalue weighted by Crippen LogP contribution is -2.31. The maximum atomic E-state index is 13.8. The number of aromatic nitrogens is 3. The summed E-state index contributed by atoms with van der Waals surface area (Å²) in [5.74, 6) is -4.40. The molecule has 0 fully saturated rings. The summed E-state index contributed by atoms with van der Waals surface area (Å²) in [7, 11) is 1.32. The number of rotatable bonds is 8. The number of carbonyl (C=O) groups is 4. The lowest BCUT2D eigenvalue weighted by molar-refractivity contribution is 0.0599. The van der Waals surface area contributed by atoms with Crippen LogP contribution in [0.5, 0.6) is 0 Å². The molecular weight excluding hydrogens is 610 g/mol. The fourth-order valence-corrected chi connectivity index (χ4v) is 5.64. The first kappa shape index (κ1) is 31.0. The number of fused-ring (bicyclic) bond motifs is 2. The molecule has 1 atom stereocenters. The molecule has 47 heavy (non-hydrogen) atoms. The van der Waals surface area contributed by atoms with Gasteiger partial charge in [-0.3, -0.25) is 14.4 Å². The summed E-state index contributed by atoms with van der Waals surface area (Å²) in [5, 5.41) is 12.6. The second-order valence-electron chi connectivity index (χ2n) is 10.9. The van der Waals surface area contributed by atoms with Crippen molar-refractivity contribution in [2.24, 2.45) is 0 Å². The van der Waals surface area contributed by atoms with Gasteiger partial charge in [0.15, 0.2) is 17.3 Å². The van der Waals surface area contributed by atoms with Gasteiger partial charge in [0.25, 0.3) is 17.7 Å². The van der Waals surface area contributed by atoms with Gasteiger partial charge in [0.05, 0.1) is 24.9 Å². The maximum Gasteiger partial charge on any atom is 0.338 e. The van der Waals surface area contributed by atoms with E-state index in [4.69, 9.17) is 4.74 Å². The van der Waals surface area contributed by atoms with E-state index in [-0.39, 0.29) is 29.1 Å². The average Bonchev–Trinajstić information content (AvgIpc) is 3.70. The zero-order chi connectivity index (χ0) is 33.2. The van der Waals surface area contributed by atoms with Gasteiger partial charge in [-0.1, -0.05) is 30.3 Å². The van der Waals surface area contributed by atoms with Gasteiger partial charge in [0.2, 0.25) is 0 Å². The van der Waals surface area contributed by atoms with Crippen molar-refractivity contribution in [3.8, 4) is 0 Å². The van der Waals surface area contributed by atoms with Crippen LogP contribution in [0.15, 0.2) is 72.9 Å². The number of carbonyl (C=O) groups excluding carboxylic acids is 4. The molecule has 3 aromatic carbocycles. The fraction of sp³-hybridized carbons (Fsp3) is 0.176. The van der Waals surface area contributed by atoms with E-state index < -0.39 is 41.4 Å². The highest BCUT2D eigenvalue weighted by molar-refractivity contribution is 6.09. The van der Waals surface area contributed by atoms with Crippen LogP contribution in [0, 0.1) is 18.6 Å². The van der Waals surface area contributed by atoms with Crippen LogP contribution >= 0.6 is 0 Å². The van der Waals surface area contributed by atoms with E-state index in [1.807, 2.05) is 6.92 Å². The second-order valence-corrected chi connectivity index (χ2v) is 10.9. The SMILES string of the molecule is COC(=O)c1ccc2c(c1C)CC[C@@H]2NC(=O)c1cc(C(=O)NCc2ccc(F)c(F)c2)nc2c(C(=O)Nc3ccccc3)cnn12. The molecule has 0 bridgehead atoms. The molecule has 1 aliphatic rings. The quantitative estimate of drug-likeness (QED) is 0.209. The zero-order valence-corrected chi connectivity index (χ0v) is 25.3. The summed E-state index contributed by atoms with van der Waals surface area (Å²) in [6.45, 7) is 1.68. The number of para-hydroxylation sites is 1. The molecule has 2 heterocycles. The smallest absolute Gasteiger partial charge is 0.338 e. The Bertz CT molecular complexity index is 2060. The topological polar surface area (TPSA) is 144 Å². The molecule has 0 radical (unpaired) electrons. The highest BCUT2D eigenvalue weighted by Gasteiger charge is 2.30. The van der Waals surface area contributed by atoms with Crippen LogP contribution < -0.4 is 16.0 Å². The van der Waals surface area contributed by atoms with Gasteiger partial charge in [0, 0.05) is 18.3 Å². The van der Waals surface area contributed by atoms with E-state index in [9.17, 15) is 28.0 Å². The third kappa shape index (κ3) is 6.15. The average molecular weight is 639 g/mol. The maximum absolute atomic E-state index is 13.8. The Morgan fingerprint density at radius 1 is 0.936 bits per heavy atom. The first-order valence-electron chi connectivity index (χ1n) is 14.6. The molecule has 0 saturated heterocycles. The Balaban J connectivity index is 1.33. The largest absolute Gasteiger partial charge is 0.465 e. The predicted molar refractivity (Wildman–Crippen MR) is 166 cm³/mol. The minimum absolute atomic E-state index is 0.00957. The predicted octanol–water partition coefficient (Wildman–Crippen LogP) is 4.70. The van der Waals surface area contributed by atoms with Crippen LogP contribution in [0.3, 0.4) is 0 Å². The summed E-state index contributed by atoms with van der Waals surface area (Å²) in [4.78, 5) is 57.0. The molecule has 0 unspecified atom stereocenters. The molecule has 0 saturated carbocycles. The Morgan fingerprint density at radius 2 is 1.72 bits per heavy atom. The Morgan fingerprint density at radius 3 is 2.47 bits per heavy atom. The van der Waals surface area contributed by atoms with Gasteiger partial charge >= 0.3 is 5.97 Å². The van der Waals surface area contributed by atoms with Crippen LogP contribution in [0.2, 0.25) is 0 Å². The Kier molecular flexibility index (Phi) is 8.44. The highest BCUT2D eigenvalue weighted by atomic mass is 19.2. The molecule has 5 aromatic rings. The Labute approximate surface area is 267 Å². The molecule has 0 aliphatic heterocycles. The van der Waals surface area contributed by atoms with E-state index in [1.54, 1.807) is 42.5 Å². The first-order chi connectivity index (χ1) is 22.6. The van der Waals surface area contributed by atoms with Crippen molar-refractivity contribution in [1.82, 2.24) is 25.2 Å². The molecule has 238 valence electrons. The summed E-state index contributed by atoms with van der Waals surface area (Å²) in [5.41, 5.74) is 3.52. The number of ether oxygens (including phenoxy) is 1. The number of hydrogen-bond acceptors (Lipinski definition) is 7. The lowest BCUT2D eigenvalue weighted by Gasteiger charge is -2.16. The van der Waals surface area contributed by atoms with Crippen LogP contribution in [-0.4, -0.2) is 45.4 Å². The van der Waals surface area contributed by atoms with Crippen molar-refractivity contribution < 1.29 is 32.7 Å². The molecule has 3 amide bonds. The number of esters is 1. The van der Waals surface area contributed by atoms with E-state index in [1.165, 1.54) is 30.0 Å². The molecule has 13 heteroatoms. The molecule has 6 rings (SSSR count). The zero-order valence-electron chi connectivity index (χ0n) is 25.3. The van der Waals surface area contributed by atoms with Gasteiger partial charge in [-0.2, -0.15) is 5.10 Å². The second kappa shape index (κ2) is 12.8. The van der Waals surface area contributed by atoms with Gasteiger partial charge in [0.1, 0.15) is 17.0 Å². The van der Waals surface area contributed by atoms with E-state index >= 15 is 0 Å². The molecule has 2 aromatic heterocycles. The van der Waals surface area contributed by atoms with Crippen molar-refractivity contribution in [2.75, 3.05) is 12.4 Å². The molecule has 11 nitrogen and oxygen atoms in total. The van der Waals surface area contributed by atoms with E-state index in [0.717, 1.165) is 28.8 Å². The summed E-state index contributed by atoms with van der Waals surface area (Å²) in [6.07, 6.45) is 2.43. The third-order valence-electron chi connectivity index (χ3n) is 8.05. The number of methoxy groups -OCH3 is 1. The summed E-state index contributed by atoms with van der Waals surface area (Å²) >= 11 is 0. The summed E-state index contributed by atoms with van der Waals surface area (Å²) in [6, 6.07) is 16.2. The number of nitrogens with one attached hydrogen (secondary N) is 3. The molecule has 3 N–H and O–H groups in total. The lowest BCUT2D eigenvalue weighted by atomic mass is 9.98. The van der Waals surface area contributed by atoms with Crippen molar-refractivity contribution >= 4 is 35.0 Å². The van der Waals surface area contributed by atoms with Crippen molar-refractivity contribution in [3.63, 3.8) is 0 Å². The molecular formula is C34H28F2N6O5. The van der Waals surface area contributed by atoms with Gasteiger partial charge < -0.3 is 20.7 Å². The normalized spacial score (nSPS) is 13.6. The van der Waals surface area contributed by atoms with Crippen LogP contribution in [0.4, 0.5) is 14.5 Å². The van der Waals surface area contributed by atoms with Gasteiger partial charge in [-0.15, -0.1) is 0 Å². The van der Waals surface area contributed by atoms with E-state index in [0.29, 0.717) is 29.7 Å². The van der Waals surface area contributed by atoms with Crippen LogP contribution in [0.1, 0.15) is 76.4 Å². The fourth-order valence-electron chi connectivity index (χ4n) is 5.64. The minimum atomic E-state index is -1.06. The van der Waals surface area contributed by atoms with Crippen LogP contribution in [0.25, 0.3) is 5.65 Å². The molecule has 0 spiro atoms. The number of halogens is 2. The van der Waals surface area contributed by atoms with Crippen molar-refractivity contribution in [2.45, 2.75) is 32.4 Å². The number of hydrogen-bond donors (Lipinski definition) is 3. The van der Waals surface area contributed by atoms with Crippen molar-refractivity contribution in [3.05, 3.63) is 129 Å². The minimum Gasteiger partial charge on any atom is -0.465 e. The number of amides is 3. The standard InChI is InChI=1S/C34H28F2N6O5/c1-18-21-11-13-27(23(21)10-9-22(18)34(46)47-2)41-33(45)29-15-28(32(44)37-16-19-8-12-25(35)26(36)14-19)40-30-24(17-38-42(29)30)31(43)39-20-6-4-3-5-7-20/h3-10,12,14-15,17,27H,11,13,16H2,1-2H3,(H,37,44)(H,39,43)(H,41,45)/t27-/m0/s1. The van der Waals surface area contributed by atoms with Crippen LogP contribution in [-0.2, 0) is 17.7 Å².